The molecule has 1 fully saturated rings. The van der Waals surface area contributed by atoms with Crippen LogP contribution in [0.5, 0.6) is 11.5 Å². The van der Waals surface area contributed by atoms with E-state index in [1.165, 1.54) is 14.2 Å². The standard InChI is InChI=1S/C20H15Br2ClN2O5S/c1-29-15-6-10(5-13(22)18(15)30-2)7-16-19(27)25(20(28)31-16)9-17(26)24-11-3-4-12(21)14(23)8-11/h3-8H,9H2,1-2H3,(H,24,26)/b16-7+. The fraction of sp³-hybridized carbons (Fsp3) is 0.150. The largest absolute Gasteiger partial charge is 0.493 e. The predicted molar refractivity (Wildman–Crippen MR) is 128 cm³/mol. The number of amides is 3. The number of carbonyl (C=O) groups is 3. The number of anilines is 1. The molecule has 11 heteroatoms. The summed E-state index contributed by atoms with van der Waals surface area (Å²) in [6.45, 7) is -0.411. The lowest BCUT2D eigenvalue weighted by molar-refractivity contribution is -0.127. The van der Waals surface area contributed by atoms with Crippen LogP contribution in [0.2, 0.25) is 5.02 Å². The predicted octanol–water partition coefficient (Wildman–Crippen LogP) is 5.56. The van der Waals surface area contributed by atoms with Crippen molar-refractivity contribution >= 4 is 84.0 Å². The lowest BCUT2D eigenvalue weighted by Gasteiger charge is -2.13. The monoisotopic (exact) mass is 588 g/mol. The molecule has 1 heterocycles. The van der Waals surface area contributed by atoms with E-state index in [1.807, 2.05) is 0 Å². The zero-order valence-electron chi connectivity index (χ0n) is 16.2. The van der Waals surface area contributed by atoms with Crippen LogP contribution in [0.1, 0.15) is 5.56 Å². The average Bonchev–Trinajstić information content (AvgIpc) is 2.97. The third-order valence-corrected chi connectivity index (χ3v) is 6.86. The van der Waals surface area contributed by atoms with Crippen LogP contribution in [0.25, 0.3) is 6.08 Å². The van der Waals surface area contributed by atoms with Gasteiger partial charge in [0.2, 0.25) is 5.91 Å². The summed E-state index contributed by atoms with van der Waals surface area (Å²) in [6.07, 6.45) is 1.56. The van der Waals surface area contributed by atoms with Gasteiger partial charge in [-0.1, -0.05) is 11.6 Å². The van der Waals surface area contributed by atoms with Crippen molar-refractivity contribution in [3.63, 3.8) is 0 Å². The fourth-order valence-corrected chi connectivity index (χ4v) is 4.61. The number of carbonyl (C=O) groups excluding carboxylic acids is 3. The van der Waals surface area contributed by atoms with Crippen LogP contribution in [0.15, 0.2) is 44.2 Å². The van der Waals surface area contributed by atoms with Crippen LogP contribution < -0.4 is 14.8 Å². The molecule has 2 aromatic carbocycles. The van der Waals surface area contributed by atoms with E-state index in [2.05, 4.69) is 37.2 Å². The summed E-state index contributed by atoms with van der Waals surface area (Å²) >= 11 is 13.4. The Morgan fingerprint density at radius 1 is 1.16 bits per heavy atom. The number of rotatable bonds is 6. The Morgan fingerprint density at radius 3 is 2.55 bits per heavy atom. The van der Waals surface area contributed by atoms with E-state index < -0.39 is 23.6 Å². The molecule has 0 aliphatic carbocycles. The molecule has 0 saturated carbocycles. The van der Waals surface area contributed by atoms with E-state index in [0.717, 1.165) is 16.7 Å². The molecule has 0 aromatic heterocycles. The van der Waals surface area contributed by atoms with Gasteiger partial charge in [0.1, 0.15) is 6.54 Å². The summed E-state index contributed by atoms with van der Waals surface area (Å²) < 4.78 is 11.9. The lowest BCUT2D eigenvalue weighted by Crippen LogP contribution is -2.36. The van der Waals surface area contributed by atoms with Gasteiger partial charge in [0.15, 0.2) is 11.5 Å². The number of nitrogens with one attached hydrogen (secondary N) is 1. The number of hydrogen-bond donors (Lipinski definition) is 1. The molecular weight excluding hydrogens is 576 g/mol. The van der Waals surface area contributed by atoms with Gasteiger partial charge in [0.05, 0.1) is 28.6 Å². The van der Waals surface area contributed by atoms with E-state index in [0.29, 0.717) is 36.7 Å². The number of methoxy groups -OCH3 is 2. The van der Waals surface area contributed by atoms with Gasteiger partial charge in [-0.25, -0.2) is 0 Å². The van der Waals surface area contributed by atoms with Crippen molar-refractivity contribution in [2.75, 3.05) is 26.1 Å². The third-order valence-electron chi connectivity index (χ3n) is 4.13. The molecule has 3 amide bonds. The van der Waals surface area contributed by atoms with Crippen LogP contribution in [-0.4, -0.2) is 42.7 Å². The van der Waals surface area contributed by atoms with E-state index >= 15 is 0 Å². The number of hydrogen-bond acceptors (Lipinski definition) is 6. The molecule has 3 rings (SSSR count). The first-order valence-electron chi connectivity index (χ1n) is 8.65. The van der Waals surface area contributed by atoms with E-state index in [4.69, 9.17) is 21.1 Å². The maximum Gasteiger partial charge on any atom is 0.294 e. The second-order valence-electron chi connectivity index (χ2n) is 6.18. The molecule has 0 unspecified atom stereocenters. The van der Waals surface area contributed by atoms with E-state index in [9.17, 15) is 14.4 Å². The van der Waals surface area contributed by atoms with Crippen molar-refractivity contribution in [2.45, 2.75) is 0 Å². The molecule has 2 aromatic rings. The molecule has 1 aliphatic heterocycles. The number of imide groups is 1. The van der Waals surface area contributed by atoms with Gasteiger partial charge in [-0.3, -0.25) is 19.3 Å². The first-order valence-corrected chi connectivity index (χ1v) is 11.4. The number of benzene rings is 2. The maximum absolute atomic E-state index is 12.7. The second-order valence-corrected chi connectivity index (χ2v) is 9.29. The van der Waals surface area contributed by atoms with Crippen LogP contribution >= 0.6 is 55.2 Å². The molecular formula is C20H15Br2ClN2O5S. The van der Waals surface area contributed by atoms with E-state index in [1.54, 1.807) is 36.4 Å². The van der Waals surface area contributed by atoms with Crippen molar-refractivity contribution in [3.05, 3.63) is 54.8 Å². The van der Waals surface area contributed by atoms with Crippen LogP contribution in [-0.2, 0) is 9.59 Å². The number of nitrogens with zero attached hydrogens (tertiary/aromatic N) is 1. The van der Waals surface area contributed by atoms with Gasteiger partial charge in [-0.2, -0.15) is 0 Å². The first kappa shape index (κ1) is 23.6. The highest BCUT2D eigenvalue weighted by Crippen LogP contribution is 2.38. The minimum absolute atomic E-state index is 0.198. The van der Waals surface area contributed by atoms with Gasteiger partial charge in [0.25, 0.3) is 11.1 Å². The zero-order chi connectivity index (χ0) is 22.7. The van der Waals surface area contributed by atoms with Crippen molar-refractivity contribution < 1.29 is 23.9 Å². The molecule has 1 N–H and O–H groups in total. The zero-order valence-corrected chi connectivity index (χ0v) is 20.9. The van der Waals surface area contributed by atoms with Gasteiger partial charge in [-0.15, -0.1) is 0 Å². The molecule has 0 bridgehead atoms. The number of thioether (sulfide) groups is 1. The summed E-state index contributed by atoms with van der Waals surface area (Å²) in [6, 6.07) is 8.31. The van der Waals surface area contributed by atoms with Crippen molar-refractivity contribution in [2.24, 2.45) is 0 Å². The summed E-state index contributed by atoms with van der Waals surface area (Å²) in [5.74, 6) is -0.0898. The molecule has 7 nitrogen and oxygen atoms in total. The summed E-state index contributed by atoms with van der Waals surface area (Å²) in [4.78, 5) is 38.5. The highest BCUT2D eigenvalue weighted by molar-refractivity contribution is 9.10. The van der Waals surface area contributed by atoms with Crippen LogP contribution in [0.4, 0.5) is 10.5 Å². The molecule has 1 aliphatic rings. The van der Waals surface area contributed by atoms with Gasteiger partial charge >= 0.3 is 0 Å². The van der Waals surface area contributed by atoms with Gasteiger partial charge < -0.3 is 14.8 Å². The Morgan fingerprint density at radius 2 is 1.90 bits per heavy atom. The second kappa shape index (κ2) is 10.1. The summed E-state index contributed by atoms with van der Waals surface area (Å²) in [7, 11) is 3.01. The molecule has 162 valence electrons. The SMILES string of the molecule is COc1cc(/C=C2/SC(=O)N(CC(=O)Nc3ccc(Br)c(Cl)c3)C2=O)cc(Br)c1OC. The Hall–Kier alpha value is -2.01. The molecule has 31 heavy (non-hydrogen) atoms. The maximum atomic E-state index is 12.7. The minimum Gasteiger partial charge on any atom is -0.493 e. The van der Waals surface area contributed by atoms with Gasteiger partial charge in [-0.05, 0) is 85.6 Å². The molecule has 0 spiro atoms. The Balaban J connectivity index is 1.75. The van der Waals surface area contributed by atoms with Gasteiger partial charge in [0, 0.05) is 10.2 Å². The smallest absolute Gasteiger partial charge is 0.294 e. The highest BCUT2D eigenvalue weighted by atomic mass is 79.9. The Labute approximate surface area is 204 Å². The Kier molecular flexibility index (Phi) is 7.68. The molecule has 0 radical (unpaired) electrons. The minimum atomic E-state index is -0.551. The van der Waals surface area contributed by atoms with Crippen LogP contribution in [0.3, 0.4) is 0 Å². The summed E-state index contributed by atoms with van der Waals surface area (Å²) in [5, 5.41) is 2.52. The topological polar surface area (TPSA) is 84.9 Å². The summed E-state index contributed by atoms with van der Waals surface area (Å²) in [5.41, 5.74) is 1.08. The van der Waals surface area contributed by atoms with Crippen molar-refractivity contribution in [1.82, 2.24) is 4.90 Å². The highest BCUT2D eigenvalue weighted by Gasteiger charge is 2.36. The Bertz CT molecular complexity index is 1110. The van der Waals surface area contributed by atoms with Crippen LogP contribution in [0, 0.1) is 0 Å². The van der Waals surface area contributed by atoms with Crippen molar-refractivity contribution in [1.29, 1.82) is 0 Å². The molecule has 0 atom stereocenters. The fourth-order valence-electron chi connectivity index (χ4n) is 2.73. The van der Waals surface area contributed by atoms with E-state index in [-0.39, 0.29) is 4.91 Å². The third kappa shape index (κ3) is 5.43. The quantitative estimate of drug-likeness (QED) is 0.444. The van der Waals surface area contributed by atoms with Crippen molar-refractivity contribution in [3.8, 4) is 11.5 Å². The average molecular weight is 591 g/mol. The number of ether oxygens (including phenoxy) is 2. The normalized spacial score (nSPS) is 14.9. The first-order chi connectivity index (χ1) is 14.7. The number of halogens is 3. The molecule has 1 saturated heterocycles. The lowest BCUT2D eigenvalue weighted by atomic mass is 10.2.